The van der Waals surface area contributed by atoms with Gasteiger partial charge in [0, 0.05) is 12.6 Å². The van der Waals surface area contributed by atoms with Gasteiger partial charge >= 0.3 is 0 Å². The molecule has 2 aromatic carbocycles. The summed E-state index contributed by atoms with van der Waals surface area (Å²) in [7, 11) is 0. The van der Waals surface area contributed by atoms with Gasteiger partial charge in [0.25, 0.3) is 0 Å². The normalized spacial score (nSPS) is 19.4. The number of aliphatic hydroxyl groups excluding tert-OH is 1. The number of hydrogen-bond acceptors (Lipinski definition) is 2. The molecule has 2 atom stereocenters. The summed E-state index contributed by atoms with van der Waals surface area (Å²) in [4.78, 5) is 0. The molecule has 2 N–H and O–H groups in total. The van der Waals surface area contributed by atoms with Crippen LogP contribution in [0.3, 0.4) is 0 Å². The zero-order valence-corrected chi connectivity index (χ0v) is 11.6. The molecule has 3 rings (SSSR count). The summed E-state index contributed by atoms with van der Waals surface area (Å²) in [5.41, 5.74) is 3.83. The van der Waals surface area contributed by atoms with Crippen molar-refractivity contribution in [3.8, 4) is 0 Å². The van der Waals surface area contributed by atoms with Crippen LogP contribution >= 0.6 is 0 Å². The van der Waals surface area contributed by atoms with Crippen molar-refractivity contribution in [2.45, 2.75) is 31.4 Å². The molecule has 0 aliphatic heterocycles. The summed E-state index contributed by atoms with van der Waals surface area (Å²) >= 11 is 0. The fourth-order valence-electron chi connectivity index (χ4n) is 3.01. The average Bonchev–Trinajstić information content (AvgIpc) is 2.53. The number of aryl methyl sites for hydroxylation is 1. The van der Waals surface area contributed by atoms with Crippen molar-refractivity contribution < 1.29 is 5.11 Å². The summed E-state index contributed by atoms with van der Waals surface area (Å²) in [6.07, 6.45) is 3.11. The molecule has 0 saturated carbocycles. The monoisotopic (exact) mass is 267 g/mol. The van der Waals surface area contributed by atoms with Crippen LogP contribution in [0.5, 0.6) is 0 Å². The van der Waals surface area contributed by atoms with Crippen molar-refractivity contribution in [2.75, 3.05) is 6.54 Å². The molecule has 0 aromatic heterocycles. The van der Waals surface area contributed by atoms with Gasteiger partial charge in [-0.25, -0.2) is 0 Å². The maximum atomic E-state index is 10.2. The summed E-state index contributed by atoms with van der Waals surface area (Å²) in [5, 5.41) is 13.8. The summed E-state index contributed by atoms with van der Waals surface area (Å²) in [5.74, 6) is 0. The van der Waals surface area contributed by atoms with E-state index in [1.807, 2.05) is 30.3 Å². The lowest BCUT2D eigenvalue weighted by atomic mass is 9.87. The Bertz CT molecular complexity index is 552. The number of hydrogen-bond donors (Lipinski definition) is 2. The highest BCUT2D eigenvalue weighted by molar-refractivity contribution is 5.32. The topological polar surface area (TPSA) is 32.3 Å². The van der Waals surface area contributed by atoms with E-state index in [4.69, 9.17) is 0 Å². The van der Waals surface area contributed by atoms with E-state index in [2.05, 4.69) is 29.6 Å². The first-order valence-corrected chi connectivity index (χ1v) is 7.39. The van der Waals surface area contributed by atoms with Crippen LogP contribution in [-0.2, 0) is 6.42 Å². The van der Waals surface area contributed by atoms with Gasteiger partial charge in [0.05, 0.1) is 6.10 Å². The van der Waals surface area contributed by atoms with Crippen LogP contribution in [0.2, 0.25) is 0 Å². The van der Waals surface area contributed by atoms with Gasteiger partial charge in [0.2, 0.25) is 0 Å². The highest BCUT2D eigenvalue weighted by atomic mass is 16.3. The summed E-state index contributed by atoms with van der Waals surface area (Å²) in [6.45, 7) is 0.600. The molecule has 104 valence electrons. The van der Waals surface area contributed by atoms with Gasteiger partial charge in [-0.15, -0.1) is 0 Å². The van der Waals surface area contributed by atoms with E-state index >= 15 is 0 Å². The standard InChI is InChI=1S/C18H21NO/c20-18(15-8-2-1-3-9-15)13-19-17-12-6-10-14-7-4-5-11-16(14)17/h1-5,7-9,11,17-20H,6,10,12-13H2/t17-,18-/m0/s1. The van der Waals surface area contributed by atoms with Crippen molar-refractivity contribution in [3.05, 3.63) is 71.3 Å². The second kappa shape index (κ2) is 6.21. The predicted molar refractivity (Wildman–Crippen MR) is 81.5 cm³/mol. The van der Waals surface area contributed by atoms with Crippen molar-refractivity contribution in [3.63, 3.8) is 0 Å². The van der Waals surface area contributed by atoms with Crippen LogP contribution in [0.4, 0.5) is 0 Å². The molecule has 20 heavy (non-hydrogen) atoms. The zero-order chi connectivity index (χ0) is 13.8. The van der Waals surface area contributed by atoms with E-state index in [-0.39, 0.29) is 0 Å². The van der Waals surface area contributed by atoms with Gasteiger partial charge in [0.1, 0.15) is 0 Å². The highest BCUT2D eigenvalue weighted by Crippen LogP contribution is 2.29. The third-order valence-electron chi connectivity index (χ3n) is 4.11. The molecule has 0 bridgehead atoms. The number of benzene rings is 2. The Balaban J connectivity index is 1.65. The van der Waals surface area contributed by atoms with E-state index in [1.54, 1.807) is 0 Å². The Morgan fingerprint density at radius 2 is 1.80 bits per heavy atom. The molecule has 0 saturated heterocycles. The van der Waals surface area contributed by atoms with Gasteiger partial charge in [0.15, 0.2) is 0 Å². The first-order chi connectivity index (χ1) is 9.84. The van der Waals surface area contributed by atoms with E-state index in [0.717, 1.165) is 12.0 Å². The molecule has 0 spiro atoms. The minimum atomic E-state index is -0.440. The molecule has 0 fully saturated rings. The molecule has 2 nitrogen and oxygen atoms in total. The quantitative estimate of drug-likeness (QED) is 0.890. The smallest absolute Gasteiger partial charge is 0.0914 e. The average molecular weight is 267 g/mol. The van der Waals surface area contributed by atoms with E-state index in [1.165, 1.54) is 24.0 Å². The minimum absolute atomic E-state index is 0.373. The Kier molecular flexibility index (Phi) is 4.14. The Morgan fingerprint density at radius 3 is 2.65 bits per heavy atom. The van der Waals surface area contributed by atoms with Crippen molar-refractivity contribution >= 4 is 0 Å². The highest BCUT2D eigenvalue weighted by Gasteiger charge is 2.20. The van der Waals surface area contributed by atoms with Crippen LogP contribution < -0.4 is 5.32 Å². The third kappa shape index (κ3) is 2.92. The Hall–Kier alpha value is -1.64. The molecular weight excluding hydrogens is 246 g/mol. The van der Waals surface area contributed by atoms with Gasteiger partial charge in [-0.05, 0) is 36.0 Å². The van der Waals surface area contributed by atoms with E-state index in [9.17, 15) is 5.11 Å². The SMILES string of the molecule is O[C@@H](CN[C@H]1CCCc2ccccc21)c1ccccc1. The number of nitrogens with one attached hydrogen (secondary N) is 1. The van der Waals surface area contributed by atoms with Crippen LogP contribution in [0.1, 0.15) is 41.7 Å². The van der Waals surface area contributed by atoms with Gasteiger partial charge in [-0.1, -0.05) is 54.6 Å². The maximum absolute atomic E-state index is 10.2. The lowest BCUT2D eigenvalue weighted by Gasteiger charge is -2.27. The molecule has 2 heteroatoms. The van der Waals surface area contributed by atoms with Gasteiger partial charge < -0.3 is 10.4 Å². The van der Waals surface area contributed by atoms with Crippen LogP contribution in [0, 0.1) is 0 Å². The van der Waals surface area contributed by atoms with Crippen molar-refractivity contribution in [2.24, 2.45) is 0 Å². The third-order valence-corrected chi connectivity index (χ3v) is 4.11. The molecule has 0 amide bonds. The van der Waals surface area contributed by atoms with E-state index in [0.29, 0.717) is 12.6 Å². The lowest BCUT2D eigenvalue weighted by molar-refractivity contribution is 0.168. The van der Waals surface area contributed by atoms with Gasteiger partial charge in [-0.3, -0.25) is 0 Å². The summed E-state index contributed by atoms with van der Waals surface area (Å²) in [6, 6.07) is 18.9. The molecule has 1 aliphatic rings. The zero-order valence-electron chi connectivity index (χ0n) is 11.6. The second-order valence-corrected chi connectivity index (χ2v) is 5.48. The number of fused-ring (bicyclic) bond motifs is 1. The first-order valence-electron chi connectivity index (χ1n) is 7.39. The fourth-order valence-corrected chi connectivity index (χ4v) is 3.01. The second-order valence-electron chi connectivity index (χ2n) is 5.48. The molecule has 2 aromatic rings. The number of rotatable bonds is 4. The Labute approximate surface area is 120 Å². The molecule has 1 aliphatic carbocycles. The number of aliphatic hydroxyl groups is 1. The summed E-state index contributed by atoms with van der Waals surface area (Å²) < 4.78 is 0. The lowest BCUT2D eigenvalue weighted by Crippen LogP contribution is -2.29. The molecule has 0 unspecified atom stereocenters. The maximum Gasteiger partial charge on any atom is 0.0914 e. The molecule has 0 heterocycles. The minimum Gasteiger partial charge on any atom is -0.387 e. The molecular formula is C18H21NO. The molecule has 0 radical (unpaired) electrons. The van der Waals surface area contributed by atoms with Crippen molar-refractivity contribution in [1.82, 2.24) is 5.32 Å². The van der Waals surface area contributed by atoms with Crippen molar-refractivity contribution in [1.29, 1.82) is 0 Å². The van der Waals surface area contributed by atoms with Gasteiger partial charge in [-0.2, -0.15) is 0 Å². The van der Waals surface area contributed by atoms with Crippen LogP contribution in [0.15, 0.2) is 54.6 Å². The largest absolute Gasteiger partial charge is 0.387 e. The van der Waals surface area contributed by atoms with E-state index < -0.39 is 6.10 Å². The first kappa shape index (κ1) is 13.3. The Morgan fingerprint density at radius 1 is 1.05 bits per heavy atom. The van der Waals surface area contributed by atoms with Crippen LogP contribution in [-0.4, -0.2) is 11.7 Å². The predicted octanol–water partition coefficient (Wildman–Crippen LogP) is 3.39. The fraction of sp³-hybridized carbons (Fsp3) is 0.333. The van der Waals surface area contributed by atoms with Crippen LogP contribution in [0.25, 0.3) is 0 Å².